The van der Waals surface area contributed by atoms with E-state index in [1.54, 1.807) is 0 Å². The predicted molar refractivity (Wildman–Crippen MR) is 72.0 cm³/mol. The third-order valence-electron chi connectivity index (χ3n) is 4.88. The van der Waals surface area contributed by atoms with Gasteiger partial charge in [-0.05, 0) is 43.9 Å². The topological polar surface area (TPSA) is 36.4 Å². The van der Waals surface area contributed by atoms with Gasteiger partial charge >= 0.3 is 0 Å². The number of benzene rings is 1. The molecule has 3 heteroatoms. The van der Waals surface area contributed by atoms with E-state index in [1.165, 1.54) is 37.7 Å². The number of fused-ring (bicyclic) bond motifs is 2. The Labute approximate surface area is 108 Å². The fraction of sp³-hybridized carbons (Fsp3) is 0.533. The van der Waals surface area contributed by atoms with Crippen molar-refractivity contribution in [3.63, 3.8) is 0 Å². The zero-order valence-corrected chi connectivity index (χ0v) is 10.5. The van der Waals surface area contributed by atoms with E-state index in [-0.39, 0.29) is 5.66 Å². The molecule has 0 radical (unpaired) electrons. The first-order valence-corrected chi connectivity index (χ1v) is 7.04. The lowest BCUT2D eigenvalue weighted by Crippen LogP contribution is -2.56. The van der Waals surface area contributed by atoms with Gasteiger partial charge in [-0.3, -0.25) is 0 Å². The summed E-state index contributed by atoms with van der Waals surface area (Å²) in [6, 6.07) is 10.4. The highest BCUT2D eigenvalue weighted by Crippen LogP contribution is 2.48. The van der Waals surface area contributed by atoms with E-state index in [0.717, 1.165) is 17.7 Å². The van der Waals surface area contributed by atoms with Crippen LogP contribution in [0.5, 0.6) is 0 Å². The summed E-state index contributed by atoms with van der Waals surface area (Å²) < 4.78 is 0. The minimum atomic E-state index is -0.00760. The summed E-state index contributed by atoms with van der Waals surface area (Å²) in [7, 11) is 0. The number of aliphatic imine (C=N–C) groups is 1. The van der Waals surface area contributed by atoms with Crippen molar-refractivity contribution in [1.29, 1.82) is 0 Å². The molecule has 3 fully saturated rings. The number of nitrogens with one attached hydrogen (secondary N) is 2. The van der Waals surface area contributed by atoms with Crippen molar-refractivity contribution in [2.45, 2.75) is 37.8 Å². The van der Waals surface area contributed by atoms with Crippen LogP contribution in [0.3, 0.4) is 0 Å². The number of hydrogen-bond acceptors (Lipinski definition) is 3. The molecule has 1 spiro atoms. The molecule has 0 aromatic heterocycles. The number of rotatable bonds is 1. The van der Waals surface area contributed by atoms with E-state index < -0.39 is 0 Å². The van der Waals surface area contributed by atoms with E-state index in [1.807, 2.05) is 6.07 Å². The first-order chi connectivity index (χ1) is 8.86. The van der Waals surface area contributed by atoms with Crippen LogP contribution in [0.2, 0.25) is 0 Å². The van der Waals surface area contributed by atoms with Crippen molar-refractivity contribution in [3.05, 3.63) is 35.9 Å². The fourth-order valence-corrected chi connectivity index (χ4v) is 3.90. The third-order valence-corrected chi connectivity index (χ3v) is 4.88. The predicted octanol–water partition coefficient (Wildman–Crippen LogP) is 2.45. The molecule has 0 unspecified atom stereocenters. The van der Waals surface area contributed by atoms with E-state index in [2.05, 4.69) is 35.1 Å². The maximum atomic E-state index is 5.03. The van der Waals surface area contributed by atoms with Crippen LogP contribution in [0.15, 0.2) is 35.3 Å². The average molecular weight is 241 g/mol. The zero-order chi connectivity index (χ0) is 12.0. The summed E-state index contributed by atoms with van der Waals surface area (Å²) in [5.41, 5.74) is 7.99. The Kier molecular flexibility index (Phi) is 2.24. The van der Waals surface area contributed by atoms with E-state index in [0.29, 0.717) is 0 Å². The van der Waals surface area contributed by atoms with E-state index in [9.17, 15) is 0 Å². The van der Waals surface area contributed by atoms with Crippen LogP contribution in [-0.2, 0) is 0 Å². The van der Waals surface area contributed by atoms with Gasteiger partial charge in [0.1, 0.15) is 11.5 Å². The molecule has 3 nitrogen and oxygen atoms in total. The van der Waals surface area contributed by atoms with Gasteiger partial charge in [0.05, 0.1) is 0 Å². The highest BCUT2D eigenvalue weighted by molar-refractivity contribution is 5.99. The summed E-state index contributed by atoms with van der Waals surface area (Å²) in [5, 5.41) is 0. The van der Waals surface area contributed by atoms with Crippen molar-refractivity contribution in [2.24, 2.45) is 16.8 Å². The molecule has 18 heavy (non-hydrogen) atoms. The van der Waals surface area contributed by atoms with Gasteiger partial charge in [0.25, 0.3) is 0 Å². The van der Waals surface area contributed by atoms with Gasteiger partial charge in [-0.15, -0.1) is 0 Å². The molecule has 1 aromatic rings. The quantitative estimate of drug-likeness (QED) is 0.792. The molecule has 3 saturated carbocycles. The molecule has 94 valence electrons. The average Bonchev–Trinajstić information content (AvgIpc) is 2.85. The lowest BCUT2D eigenvalue weighted by molar-refractivity contribution is 0.0506. The Morgan fingerprint density at radius 3 is 2.50 bits per heavy atom. The molecule has 0 amide bonds. The number of amidine groups is 1. The summed E-state index contributed by atoms with van der Waals surface area (Å²) in [4.78, 5) is 5.03. The molecule has 1 aliphatic heterocycles. The summed E-state index contributed by atoms with van der Waals surface area (Å²) >= 11 is 0. The number of hydrazine groups is 1. The standard InChI is InChI=1S/C15H19N3/c1-2-4-12(5-3-1)14-16-15(18-17-14)10-11-6-8-13(15)9-7-11/h1-5,11,13,18H,6-10H2,(H,16,17)/t11?,13?,15-/m1/s1. The zero-order valence-electron chi connectivity index (χ0n) is 10.5. The van der Waals surface area contributed by atoms with E-state index >= 15 is 0 Å². The summed E-state index contributed by atoms with van der Waals surface area (Å²) in [5.74, 6) is 2.61. The van der Waals surface area contributed by atoms with Crippen molar-refractivity contribution >= 4 is 5.84 Å². The van der Waals surface area contributed by atoms with E-state index in [4.69, 9.17) is 4.99 Å². The molecule has 3 aliphatic carbocycles. The Morgan fingerprint density at radius 2 is 1.83 bits per heavy atom. The van der Waals surface area contributed by atoms with Crippen molar-refractivity contribution in [3.8, 4) is 0 Å². The summed E-state index contributed by atoms with van der Waals surface area (Å²) in [6.07, 6.45) is 6.70. The molecule has 0 saturated heterocycles. The van der Waals surface area contributed by atoms with Gasteiger partial charge in [0.15, 0.2) is 0 Å². The Bertz CT molecular complexity index is 474. The van der Waals surface area contributed by atoms with Crippen molar-refractivity contribution in [2.75, 3.05) is 0 Å². The molecule has 2 N–H and O–H groups in total. The molecular formula is C15H19N3. The largest absolute Gasteiger partial charge is 0.303 e. The van der Waals surface area contributed by atoms with Gasteiger partial charge < -0.3 is 5.43 Å². The first kappa shape index (κ1) is 10.6. The van der Waals surface area contributed by atoms with Gasteiger partial charge in [0.2, 0.25) is 0 Å². The smallest absolute Gasteiger partial charge is 0.144 e. The third kappa shape index (κ3) is 1.50. The maximum Gasteiger partial charge on any atom is 0.144 e. The lowest BCUT2D eigenvalue weighted by Gasteiger charge is -2.47. The van der Waals surface area contributed by atoms with Crippen LogP contribution in [0.1, 0.15) is 37.7 Å². The van der Waals surface area contributed by atoms with Crippen LogP contribution in [0.4, 0.5) is 0 Å². The lowest BCUT2D eigenvalue weighted by atomic mass is 9.65. The highest BCUT2D eigenvalue weighted by Gasteiger charge is 2.49. The molecule has 1 heterocycles. The van der Waals surface area contributed by atoms with Gasteiger partial charge in [-0.25, -0.2) is 10.4 Å². The molecule has 2 bridgehead atoms. The minimum absolute atomic E-state index is 0.00760. The van der Waals surface area contributed by atoms with Gasteiger partial charge in [-0.1, -0.05) is 30.3 Å². The Morgan fingerprint density at radius 1 is 1.06 bits per heavy atom. The fourth-order valence-electron chi connectivity index (χ4n) is 3.90. The summed E-state index contributed by atoms with van der Waals surface area (Å²) in [6.45, 7) is 0. The van der Waals surface area contributed by atoms with Crippen LogP contribution in [0.25, 0.3) is 0 Å². The second kappa shape index (κ2) is 3.82. The SMILES string of the molecule is c1ccc(C2=N[C@]3(CC4CCC3CC4)NN2)cc1. The molecule has 4 aliphatic rings. The maximum absolute atomic E-state index is 5.03. The molecule has 1 atom stereocenters. The second-order valence-corrected chi connectivity index (χ2v) is 5.92. The Hall–Kier alpha value is -1.35. The number of nitrogens with zero attached hydrogens (tertiary/aromatic N) is 1. The minimum Gasteiger partial charge on any atom is -0.303 e. The molecule has 5 rings (SSSR count). The van der Waals surface area contributed by atoms with Gasteiger partial charge in [-0.2, -0.15) is 0 Å². The van der Waals surface area contributed by atoms with Crippen LogP contribution in [0, 0.1) is 11.8 Å². The van der Waals surface area contributed by atoms with Crippen molar-refractivity contribution in [1.82, 2.24) is 10.9 Å². The molecular weight excluding hydrogens is 222 g/mol. The monoisotopic (exact) mass is 241 g/mol. The van der Waals surface area contributed by atoms with Crippen LogP contribution >= 0.6 is 0 Å². The molecule has 1 aromatic carbocycles. The second-order valence-electron chi connectivity index (χ2n) is 5.92. The highest BCUT2D eigenvalue weighted by atomic mass is 15.5. The number of hydrogen-bond donors (Lipinski definition) is 2. The van der Waals surface area contributed by atoms with Crippen LogP contribution < -0.4 is 10.9 Å². The van der Waals surface area contributed by atoms with Crippen LogP contribution in [-0.4, -0.2) is 11.5 Å². The first-order valence-electron chi connectivity index (χ1n) is 7.04. The van der Waals surface area contributed by atoms with Crippen molar-refractivity contribution < 1.29 is 0 Å². The Balaban J connectivity index is 1.67. The normalized spacial score (nSPS) is 37.7. The van der Waals surface area contributed by atoms with Gasteiger partial charge in [0, 0.05) is 5.56 Å².